The molecule has 188 valence electrons. The topological polar surface area (TPSA) is 0 Å². The molecule has 0 N–H and O–H groups in total. The van der Waals surface area contributed by atoms with Crippen LogP contribution in [0.1, 0.15) is 33.7 Å². The van der Waals surface area contributed by atoms with Crippen LogP contribution in [0.2, 0.25) is 0 Å². The molecule has 38 radical (unpaired) electrons. The fourth-order valence-electron chi connectivity index (χ4n) is 7.84. The van der Waals surface area contributed by atoms with Crippen molar-refractivity contribution >= 4 is 253 Å². The number of rotatable bonds is 2. The first-order valence-corrected chi connectivity index (χ1v) is 15.3. The van der Waals surface area contributed by atoms with Crippen molar-refractivity contribution in [1.29, 1.82) is 0 Å². The standard InChI is InChI=1S/C32H3B19/c33-14-2-1-3-5(18(37)27(46)26(45)15(3)34)4(2)16(35)12(22(14)41)13-17(36)9-7(19(38)23(13)42)6(8-10(9)21(40)29(48)28(47)20(8)39)11-24(43)30(49)32(51)31(50)25(11)44/h6H,1H2. The van der Waals surface area contributed by atoms with Crippen molar-refractivity contribution in [2.24, 2.45) is 0 Å². The van der Waals surface area contributed by atoms with Gasteiger partial charge in [-0.15, -0.1) is 54.6 Å². The Morgan fingerprint density at radius 1 is 0.216 bits per heavy atom. The molecular formula is C32H3B19. The Bertz CT molecular complexity index is 2470. The molecule has 1 atom stereocenters. The fourth-order valence-corrected chi connectivity index (χ4v) is 7.84. The van der Waals surface area contributed by atoms with E-state index in [4.69, 9.17) is 149 Å². The molecule has 51 heavy (non-hydrogen) atoms. The Morgan fingerprint density at radius 2 is 0.471 bits per heavy atom. The van der Waals surface area contributed by atoms with Gasteiger partial charge in [-0.05, 0) is 62.1 Å². The summed E-state index contributed by atoms with van der Waals surface area (Å²) in [6.07, 6.45) is 0.227. The van der Waals surface area contributed by atoms with Crippen LogP contribution in [0.25, 0.3) is 33.4 Å². The van der Waals surface area contributed by atoms with Crippen molar-refractivity contribution in [3.05, 3.63) is 27.8 Å². The van der Waals surface area contributed by atoms with Crippen LogP contribution < -0.4 is 104 Å². The summed E-state index contributed by atoms with van der Waals surface area (Å²) in [6.45, 7) is 0. The van der Waals surface area contributed by atoms with E-state index in [2.05, 4.69) is 0 Å². The number of hydrogen-bond acceptors (Lipinski definition) is 0. The molecule has 0 bridgehead atoms. The van der Waals surface area contributed by atoms with E-state index in [0.29, 0.717) is 33.4 Å². The average molecular weight is 593 g/mol. The third-order valence-electron chi connectivity index (χ3n) is 10.6. The van der Waals surface area contributed by atoms with Crippen molar-refractivity contribution in [3.63, 3.8) is 0 Å². The van der Waals surface area contributed by atoms with Gasteiger partial charge in [-0.25, -0.2) is 0 Å². The predicted octanol–water partition coefficient (Wildman–Crippen LogP) is -14.8. The van der Waals surface area contributed by atoms with Gasteiger partial charge in [-0.1, -0.05) is 54.7 Å². The number of hydrogen-bond donors (Lipinski definition) is 0. The van der Waals surface area contributed by atoms with Crippen LogP contribution in [0.5, 0.6) is 0 Å². The normalized spacial score (nSPS) is 13.9. The Morgan fingerprint density at radius 3 is 0.961 bits per heavy atom. The summed E-state index contributed by atoms with van der Waals surface area (Å²) < 4.78 is 0. The third kappa shape index (κ3) is 4.61. The van der Waals surface area contributed by atoms with Crippen molar-refractivity contribution in [3.8, 4) is 33.4 Å². The van der Waals surface area contributed by atoms with Crippen molar-refractivity contribution in [1.82, 2.24) is 0 Å². The van der Waals surface area contributed by atoms with Crippen LogP contribution in [-0.4, -0.2) is 149 Å². The minimum atomic E-state index is -1.01. The molecule has 0 aromatic heterocycles. The molecule has 5 aromatic rings. The Labute approximate surface area is 324 Å². The van der Waals surface area contributed by atoms with E-state index >= 15 is 0 Å². The van der Waals surface area contributed by atoms with Gasteiger partial charge in [0.25, 0.3) is 0 Å². The molecule has 7 rings (SSSR count). The highest BCUT2D eigenvalue weighted by atomic mass is 14.4. The summed E-state index contributed by atoms with van der Waals surface area (Å²) in [5, 5.41) is 0. The summed E-state index contributed by atoms with van der Waals surface area (Å²) in [6, 6.07) is 0. The van der Waals surface area contributed by atoms with Gasteiger partial charge < -0.3 is 0 Å². The smallest absolute Gasteiger partial charge is 0.112 e. The van der Waals surface area contributed by atoms with Crippen molar-refractivity contribution < 1.29 is 0 Å². The van der Waals surface area contributed by atoms with Gasteiger partial charge in [0.15, 0.2) is 0 Å². The Kier molecular flexibility index (Phi) is 8.76. The zero-order chi connectivity index (χ0) is 37.6. The highest BCUT2D eigenvalue weighted by Crippen LogP contribution is 2.44. The molecule has 0 nitrogen and oxygen atoms in total. The molecule has 0 heterocycles. The maximum absolute atomic E-state index is 7.12. The van der Waals surface area contributed by atoms with Crippen LogP contribution >= 0.6 is 0 Å². The van der Waals surface area contributed by atoms with Crippen LogP contribution in [0, 0.1) is 0 Å². The minimum absolute atomic E-state index is 0.00162. The largest absolute Gasteiger partial charge is 0.115 e. The molecular weight excluding hydrogens is 590 g/mol. The number of fused-ring (bicyclic) bond motifs is 6. The van der Waals surface area contributed by atoms with Gasteiger partial charge in [0, 0.05) is 5.92 Å². The summed E-state index contributed by atoms with van der Waals surface area (Å²) in [7, 11) is 125. The summed E-state index contributed by atoms with van der Waals surface area (Å²) >= 11 is 0. The van der Waals surface area contributed by atoms with Crippen molar-refractivity contribution in [2.75, 3.05) is 0 Å². The minimum Gasteiger partial charge on any atom is -0.112 e. The predicted molar refractivity (Wildman–Crippen MR) is 235 cm³/mol. The SMILES string of the molecule is [B]c1c([B])c([B])c(C2c3c([B])c([B])c([B])c([B])c3-c3c([B])c(-c4c([B])c([B])c5c(c4[B])-c4c([B])c([B])c([B])c([B])c4C5)c([B])c([B])c32)c([B])c1[B]. The van der Waals surface area contributed by atoms with E-state index in [1.54, 1.807) is 0 Å². The van der Waals surface area contributed by atoms with Gasteiger partial charge in [0.05, 0.1) is 0 Å². The zero-order valence-electron chi connectivity index (χ0n) is 27.3. The lowest BCUT2D eigenvalue weighted by Crippen LogP contribution is -2.57. The lowest BCUT2D eigenvalue weighted by atomic mass is 9.56. The van der Waals surface area contributed by atoms with Crippen LogP contribution in [-0.2, 0) is 6.42 Å². The van der Waals surface area contributed by atoms with E-state index in [1.807, 2.05) is 0 Å². The van der Waals surface area contributed by atoms with Crippen LogP contribution in [0.15, 0.2) is 0 Å². The average Bonchev–Trinajstić information content (AvgIpc) is 3.68. The molecule has 1 unspecified atom stereocenters. The summed E-state index contributed by atoms with van der Waals surface area (Å²) in [5.74, 6) is -1.01. The highest BCUT2D eigenvalue weighted by Gasteiger charge is 2.39. The second-order valence-electron chi connectivity index (χ2n) is 12.9. The third-order valence-corrected chi connectivity index (χ3v) is 10.6. The van der Waals surface area contributed by atoms with E-state index < -0.39 is 5.92 Å². The molecule has 0 saturated carbocycles. The summed E-state index contributed by atoms with van der Waals surface area (Å²) in [4.78, 5) is 0. The number of benzene rings is 5. The fraction of sp³-hybridized carbons (Fsp3) is 0.0625. The maximum atomic E-state index is 7.12. The van der Waals surface area contributed by atoms with Gasteiger partial charge in [0.1, 0.15) is 149 Å². The van der Waals surface area contributed by atoms with Gasteiger partial charge in [-0.2, -0.15) is 0 Å². The molecule has 0 fully saturated rings. The first-order chi connectivity index (χ1) is 23.8. The molecule has 0 spiro atoms. The van der Waals surface area contributed by atoms with Crippen molar-refractivity contribution in [2.45, 2.75) is 12.3 Å². The molecule has 5 aromatic carbocycles. The quantitative estimate of drug-likeness (QED) is 0.175. The molecule has 2 aliphatic rings. The highest BCUT2D eigenvalue weighted by molar-refractivity contribution is 6.70. The van der Waals surface area contributed by atoms with E-state index in [-0.39, 0.29) is 138 Å². The molecule has 0 amide bonds. The van der Waals surface area contributed by atoms with E-state index in [1.165, 1.54) is 0 Å². The van der Waals surface area contributed by atoms with Gasteiger partial charge >= 0.3 is 0 Å². The second-order valence-corrected chi connectivity index (χ2v) is 12.9. The Balaban J connectivity index is 1.65. The lowest BCUT2D eigenvalue weighted by Gasteiger charge is -2.31. The molecule has 0 saturated heterocycles. The zero-order valence-corrected chi connectivity index (χ0v) is 27.3. The molecule has 19 heteroatoms. The van der Waals surface area contributed by atoms with Crippen LogP contribution in [0.4, 0.5) is 0 Å². The summed E-state index contributed by atoms with van der Waals surface area (Å²) in [5.41, 5.74) is 4.80. The first-order valence-electron chi connectivity index (χ1n) is 15.3. The monoisotopic (exact) mass is 596 g/mol. The van der Waals surface area contributed by atoms with E-state index in [9.17, 15) is 0 Å². The molecule has 2 aliphatic carbocycles. The maximum Gasteiger partial charge on any atom is 0.115 e. The van der Waals surface area contributed by atoms with E-state index in [0.717, 1.165) is 0 Å². The van der Waals surface area contributed by atoms with Gasteiger partial charge in [0.2, 0.25) is 0 Å². The molecule has 0 aliphatic heterocycles. The second kappa shape index (κ2) is 12.2. The lowest BCUT2D eigenvalue weighted by molar-refractivity contribution is 1.06. The Hall–Kier alpha value is -2.67. The van der Waals surface area contributed by atoms with Crippen LogP contribution in [0.3, 0.4) is 0 Å². The van der Waals surface area contributed by atoms with Gasteiger partial charge in [-0.3, -0.25) is 0 Å². The first kappa shape index (κ1) is 36.7.